The quantitative estimate of drug-likeness (QED) is 0.415. The van der Waals surface area contributed by atoms with E-state index in [9.17, 15) is 0 Å². The van der Waals surface area contributed by atoms with Gasteiger partial charge in [-0.25, -0.2) is 0 Å². The maximum absolute atomic E-state index is 6.01. The Kier molecular flexibility index (Phi) is 7.08. The van der Waals surface area contributed by atoms with E-state index < -0.39 is 5.79 Å². The fourth-order valence-corrected chi connectivity index (χ4v) is 2.71. The third-order valence-corrected chi connectivity index (χ3v) is 4.00. The summed E-state index contributed by atoms with van der Waals surface area (Å²) in [6.45, 7) is 2.37. The molecule has 0 saturated carbocycles. The number of nitrogens with one attached hydrogen (secondary N) is 1. The molecule has 3 N–H and O–H groups in total. The first-order valence-electron chi connectivity index (χ1n) is 7.80. The fourth-order valence-electron chi connectivity index (χ4n) is 2.71. The van der Waals surface area contributed by atoms with Gasteiger partial charge in [-0.2, -0.15) is 0 Å². The second-order valence-electron chi connectivity index (χ2n) is 5.65. The largest absolute Gasteiger partial charge is 0.497 e. The molecule has 3 rings (SSSR count). The third kappa shape index (κ3) is 4.95. The lowest BCUT2D eigenvalue weighted by Gasteiger charge is -2.31. The van der Waals surface area contributed by atoms with Gasteiger partial charge in [0.15, 0.2) is 11.7 Å². The molecule has 0 radical (unpaired) electrons. The molecule has 1 aromatic rings. The Labute approximate surface area is 158 Å². The fraction of sp³-hybridized carbons (Fsp3) is 0.562. The molecule has 0 aliphatic carbocycles. The van der Waals surface area contributed by atoms with Crippen LogP contribution < -0.4 is 15.8 Å². The highest BCUT2D eigenvalue weighted by molar-refractivity contribution is 14.0. The van der Waals surface area contributed by atoms with Crippen molar-refractivity contribution in [1.82, 2.24) is 0 Å². The standard InChI is InChI=1S/C16H23N3O4.HI/c1-20-13-4-2-12(3-5-13)19-15(17)18-10-14-11-22-16(23-14)6-8-21-9-7-16;/h2-5,14H,6-11H2,1H3,(H3,17,18,19);1H. The monoisotopic (exact) mass is 449 g/mol. The molecule has 1 aromatic carbocycles. The Morgan fingerprint density at radius 1 is 1.33 bits per heavy atom. The summed E-state index contributed by atoms with van der Waals surface area (Å²) in [6, 6.07) is 7.48. The number of halogens is 1. The summed E-state index contributed by atoms with van der Waals surface area (Å²) in [5.74, 6) is 0.674. The van der Waals surface area contributed by atoms with Crippen LogP contribution in [-0.4, -0.2) is 51.3 Å². The van der Waals surface area contributed by atoms with Crippen molar-refractivity contribution in [2.45, 2.75) is 24.7 Å². The van der Waals surface area contributed by atoms with Crippen molar-refractivity contribution in [1.29, 1.82) is 0 Å². The SMILES string of the molecule is COc1ccc(NC(N)=NCC2COC3(CCOCC3)O2)cc1.I. The van der Waals surface area contributed by atoms with Gasteiger partial charge in [-0.15, -0.1) is 24.0 Å². The number of anilines is 1. The normalized spacial score (nSPS) is 22.9. The molecule has 7 nitrogen and oxygen atoms in total. The van der Waals surface area contributed by atoms with E-state index in [0.717, 1.165) is 24.3 Å². The molecule has 8 heteroatoms. The van der Waals surface area contributed by atoms with Crippen molar-refractivity contribution in [3.8, 4) is 5.75 Å². The average Bonchev–Trinajstić information content (AvgIpc) is 2.97. The molecule has 1 unspecified atom stereocenters. The van der Waals surface area contributed by atoms with Crippen molar-refractivity contribution in [3.63, 3.8) is 0 Å². The zero-order valence-corrected chi connectivity index (χ0v) is 16.0. The molecule has 2 aliphatic rings. The maximum atomic E-state index is 6.01. The number of guanidine groups is 1. The minimum Gasteiger partial charge on any atom is -0.497 e. The van der Waals surface area contributed by atoms with Crippen LogP contribution in [0.4, 0.5) is 5.69 Å². The predicted octanol–water partition coefficient (Wildman–Crippen LogP) is 1.96. The van der Waals surface area contributed by atoms with Gasteiger partial charge in [0.1, 0.15) is 11.9 Å². The van der Waals surface area contributed by atoms with Crippen molar-refractivity contribution in [2.75, 3.05) is 38.8 Å². The van der Waals surface area contributed by atoms with Crippen LogP contribution in [0.2, 0.25) is 0 Å². The Hall–Kier alpha value is -1.10. The number of hydrogen-bond donors (Lipinski definition) is 2. The minimum absolute atomic E-state index is 0. The highest BCUT2D eigenvalue weighted by atomic mass is 127. The Morgan fingerprint density at radius 2 is 2.04 bits per heavy atom. The zero-order valence-electron chi connectivity index (χ0n) is 13.7. The minimum atomic E-state index is -0.476. The van der Waals surface area contributed by atoms with E-state index in [1.807, 2.05) is 24.3 Å². The van der Waals surface area contributed by atoms with Gasteiger partial charge in [-0.3, -0.25) is 4.99 Å². The van der Waals surface area contributed by atoms with E-state index >= 15 is 0 Å². The van der Waals surface area contributed by atoms with E-state index in [0.29, 0.717) is 32.3 Å². The number of hydrogen-bond acceptors (Lipinski definition) is 5. The number of benzene rings is 1. The molecule has 2 heterocycles. The number of ether oxygens (including phenoxy) is 4. The Bertz CT molecular complexity index is 547. The summed E-state index contributed by atoms with van der Waals surface area (Å²) >= 11 is 0. The summed E-state index contributed by atoms with van der Waals surface area (Å²) in [6.07, 6.45) is 1.48. The van der Waals surface area contributed by atoms with E-state index in [2.05, 4.69) is 10.3 Å². The van der Waals surface area contributed by atoms with Gasteiger partial charge < -0.3 is 30.0 Å². The van der Waals surface area contributed by atoms with Crippen molar-refractivity contribution in [3.05, 3.63) is 24.3 Å². The van der Waals surface area contributed by atoms with E-state index in [1.54, 1.807) is 7.11 Å². The highest BCUT2D eigenvalue weighted by Gasteiger charge is 2.42. The van der Waals surface area contributed by atoms with Gasteiger partial charge in [-0.05, 0) is 24.3 Å². The van der Waals surface area contributed by atoms with Crippen LogP contribution in [0.3, 0.4) is 0 Å². The second-order valence-corrected chi connectivity index (χ2v) is 5.65. The van der Waals surface area contributed by atoms with Crippen LogP contribution in [0.15, 0.2) is 29.3 Å². The molecular formula is C16H24IN3O4. The van der Waals surface area contributed by atoms with Crippen molar-refractivity contribution in [2.24, 2.45) is 10.7 Å². The van der Waals surface area contributed by atoms with Gasteiger partial charge in [0.25, 0.3) is 0 Å². The van der Waals surface area contributed by atoms with E-state index in [1.165, 1.54) is 0 Å². The third-order valence-electron chi connectivity index (χ3n) is 4.00. The van der Waals surface area contributed by atoms with Crippen LogP contribution in [0.5, 0.6) is 5.75 Å². The lowest BCUT2D eigenvalue weighted by molar-refractivity contribution is -0.210. The molecule has 1 atom stereocenters. The zero-order chi connectivity index (χ0) is 16.1. The first-order chi connectivity index (χ1) is 11.2. The molecule has 2 fully saturated rings. The summed E-state index contributed by atoms with van der Waals surface area (Å²) in [5.41, 5.74) is 6.77. The van der Waals surface area contributed by atoms with Crippen LogP contribution in [-0.2, 0) is 14.2 Å². The lowest BCUT2D eigenvalue weighted by Crippen LogP contribution is -2.38. The lowest BCUT2D eigenvalue weighted by atomic mass is 10.1. The van der Waals surface area contributed by atoms with Crippen LogP contribution in [0.1, 0.15) is 12.8 Å². The summed E-state index contributed by atoms with van der Waals surface area (Å²) < 4.78 is 22.3. The molecule has 1 spiro atoms. The van der Waals surface area contributed by atoms with E-state index in [4.69, 9.17) is 24.7 Å². The molecule has 24 heavy (non-hydrogen) atoms. The smallest absolute Gasteiger partial charge is 0.193 e. The molecule has 134 valence electrons. The van der Waals surface area contributed by atoms with Gasteiger partial charge in [0.2, 0.25) is 0 Å². The molecule has 0 aromatic heterocycles. The number of rotatable bonds is 4. The first kappa shape index (κ1) is 19.2. The topological polar surface area (TPSA) is 87.3 Å². The van der Waals surface area contributed by atoms with Gasteiger partial charge in [0.05, 0.1) is 33.5 Å². The van der Waals surface area contributed by atoms with Gasteiger partial charge in [0, 0.05) is 18.5 Å². The van der Waals surface area contributed by atoms with Gasteiger partial charge in [-0.1, -0.05) is 0 Å². The van der Waals surface area contributed by atoms with E-state index in [-0.39, 0.29) is 30.1 Å². The second kappa shape index (κ2) is 8.84. The predicted molar refractivity (Wildman–Crippen MR) is 102 cm³/mol. The highest BCUT2D eigenvalue weighted by Crippen LogP contribution is 2.33. The van der Waals surface area contributed by atoms with Crippen LogP contribution in [0, 0.1) is 0 Å². The van der Waals surface area contributed by atoms with Crippen molar-refractivity contribution >= 4 is 35.6 Å². The summed E-state index contributed by atoms with van der Waals surface area (Å²) in [5, 5.41) is 3.04. The number of nitrogens with zero attached hydrogens (tertiary/aromatic N) is 1. The molecule has 2 aliphatic heterocycles. The molecule has 2 saturated heterocycles. The number of methoxy groups -OCH3 is 1. The Morgan fingerprint density at radius 3 is 2.71 bits per heavy atom. The van der Waals surface area contributed by atoms with Crippen LogP contribution in [0.25, 0.3) is 0 Å². The average molecular weight is 449 g/mol. The summed E-state index contributed by atoms with van der Waals surface area (Å²) in [7, 11) is 1.63. The van der Waals surface area contributed by atoms with Crippen LogP contribution >= 0.6 is 24.0 Å². The number of nitrogens with two attached hydrogens (primary N) is 1. The Balaban J connectivity index is 0.00000208. The first-order valence-corrected chi connectivity index (χ1v) is 7.80. The summed E-state index contributed by atoms with van der Waals surface area (Å²) in [4.78, 5) is 4.34. The van der Waals surface area contributed by atoms with Gasteiger partial charge >= 0.3 is 0 Å². The maximum Gasteiger partial charge on any atom is 0.193 e. The molecule has 0 amide bonds. The molecule has 0 bridgehead atoms. The van der Waals surface area contributed by atoms with Crippen molar-refractivity contribution < 1.29 is 18.9 Å². The number of aliphatic imine (C=N–C) groups is 1. The molecular weight excluding hydrogens is 425 g/mol.